The first-order chi connectivity index (χ1) is 10.2. The van der Waals surface area contributed by atoms with Crippen molar-refractivity contribution in [2.75, 3.05) is 49.1 Å². The van der Waals surface area contributed by atoms with Crippen molar-refractivity contribution in [3.8, 4) is 0 Å². The lowest BCUT2D eigenvalue weighted by molar-refractivity contribution is 0.145. The third kappa shape index (κ3) is 3.61. The number of aromatic nitrogens is 2. The van der Waals surface area contributed by atoms with Gasteiger partial charge in [0.15, 0.2) is 0 Å². The van der Waals surface area contributed by atoms with Crippen LogP contribution in [0.15, 0.2) is 12.4 Å². The van der Waals surface area contributed by atoms with Gasteiger partial charge in [-0.25, -0.2) is 9.97 Å². The van der Waals surface area contributed by atoms with Crippen LogP contribution in [-0.4, -0.2) is 71.7 Å². The van der Waals surface area contributed by atoms with Crippen molar-refractivity contribution in [3.05, 3.63) is 12.4 Å². The summed E-state index contributed by atoms with van der Waals surface area (Å²) in [7, 11) is 0. The van der Waals surface area contributed by atoms with Crippen LogP contribution in [0.2, 0.25) is 0 Å². The highest BCUT2D eigenvalue weighted by Gasteiger charge is 2.21. The Morgan fingerprint density at radius 2 is 1.71 bits per heavy atom. The van der Waals surface area contributed by atoms with E-state index in [1.54, 1.807) is 6.33 Å². The summed E-state index contributed by atoms with van der Waals surface area (Å²) in [5.41, 5.74) is 0. The molecule has 116 valence electrons. The second kappa shape index (κ2) is 6.55. The molecule has 7 nitrogen and oxygen atoms in total. The number of hydrogen-bond donors (Lipinski definition) is 3. The molecular formula is C14H23N5O2. The van der Waals surface area contributed by atoms with E-state index in [-0.39, 0.29) is 12.2 Å². The minimum atomic E-state index is -0.379. The number of aliphatic hydroxyl groups excluding tert-OH is 2. The third-order valence-electron chi connectivity index (χ3n) is 4.12. The zero-order chi connectivity index (χ0) is 14.7. The van der Waals surface area contributed by atoms with Crippen LogP contribution >= 0.6 is 0 Å². The van der Waals surface area contributed by atoms with E-state index in [2.05, 4.69) is 25.1 Å². The largest absolute Gasteiger partial charge is 0.393 e. The van der Waals surface area contributed by atoms with Crippen LogP contribution < -0.4 is 15.1 Å². The van der Waals surface area contributed by atoms with E-state index >= 15 is 0 Å². The highest BCUT2D eigenvalue weighted by atomic mass is 16.3. The van der Waals surface area contributed by atoms with E-state index in [0.717, 1.165) is 50.7 Å². The summed E-state index contributed by atoms with van der Waals surface area (Å²) in [5.74, 6) is 1.76. The van der Waals surface area contributed by atoms with E-state index in [9.17, 15) is 10.2 Å². The Morgan fingerprint density at radius 3 is 2.48 bits per heavy atom. The SMILES string of the molecule is OC1CCN(c2cc(N3CCNC[C@H](O)C3)ncn2)CC1. The Morgan fingerprint density at radius 1 is 1.00 bits per heavy atom. The fourth-order valence-corrected chi connectivity index (χ4v) is 2.88. The maximum atomic E-state index is 9.88. The average molecular weight is 293 g/mol. The first-order valence-electron chi connectivity index (χ1n) is 7.61. The molecule has 0 aliphatic carbocycles. The smallest absolute Gasteiger partial charge is 0.134 e. The van der Waals surface area contributed by atoms with Crippen molar-refractivity contribution in [2.24, 2.45) is 0 Å². The molecule has 21 heavy (non-hydrogen) atoms. The fraction of sp³-hybridized carbons (Fsp3) is 0.714. The van der Waals surface area contributed by atoms with E-state index in [1.807, 2.05) is 6.07 Å². The first kappa shape index (κ1) is 14.5. The minimum Gasteiger partial charge on any atom is -0.393 e. The van der Waals surface area contributed by atoms with Crippen LogP contribution in [0.5, 0.6) is 0 Å². The lowest BCUT2D eigenvalue weighted by Gasteiger charge is -2.31. The number of anilines is 2. The monoisotopic (exact) mass is 293 g/mol. The summed E-state index contributed by atoms with van der Waals surface area (Å²) in [6.07, 6.45) is 2.59. The van der Waals surface area contributed by atoms with Crippen molar-refractivity contribution in [3.63, 3.8) is 0 Å². The van der Waals surface area contributed by atoms with Crippen LogP contribution in [0.25, 0.3) is 0 Å². The minimum absolute atomic E-state index is 0.186. The van der Waals surface area contributed by atoms with E-state index in [1.165, 1.54) is 0 Å². The normalized spacial score (nSPS) is 25.0. The van der Waals surface area contributed by atoms with Crippen LogP contribution in [0.4, 0.5) is 11.6 Å². The summed E-state index contributed by atoms with van der Waals surface area (Å²) in [5, 5.41) is 22.7. The molecule has 3 heterocycles. The predicted molar refractivity (Wildman–Crippen MR) is 80.6 cm³/mol. The maximum Gasteiger partial charge on any atom is 0.134 e. The van der Waals surface area contributed by atoms with E-state index < -0.39 is 0 Å². The lowest BCUT2D eigenvalue weighted by atomic mass is 10.1. The molecule has 1 aromatic heterocycles. The molecule has 2 fully saturated rings. The molecule has 7 heteroatoms. The topological polar surface area (TPSA) is 84.8 Å². The zero-order valence-corrected chi connectivity index (χ0v) is 12.1. The van der Waals surface area contributed by atoms with Crippen LogP contribution in [0.3, 0.4) is 0 Å². The standard InChI is InChI=1S/C14H23N5O2/c20-11-1-4-18(5-2-11)13-7-14(17-10-16-13)19-6-3-15-8-12(21)9-19/h7,10-12,15,20-21H,1-6,8-9H2/t12-/m0/s1. The Labute approximate surface area is 124 Å². The Hall–Kier alpha value is -1.44. The molecule has 0 spiro atoms. The molecule has 1 atom stereocenters. The van der Waals surface area contributed by atoms with Gasteiger partial charge in [0.2, 0.25) is 0 Å². The first-order valence-corrected chi connectivity index (χ1v) is 7.61. The molecule has 0 bridgehead atoms. The number of aliphatic hydroxyl groups is 2. The number of hydrogen-bond acceptors (Lipinski definition) is 7. The Kier molecular flexibility index (Phi) is 4.52. The molecule has 3 N–H and O–H groups in total. The highest BCUT2D eigenvalue weighted by Crippen LogP contribution is 2.21. The number of rotatable bonds is 2. The van der Waals surface area contributed by atoms with Gasteiger partial charge in [0.05, 0.1) is 12.2 Å². The van der Waals surface area contributed by atoms with Crippen molar-refractivity contribution < 1.29 is 10.2 Å². The van der Waals surface area contributed by atoms with Crippen molar-refractivity contribution in [1.82, 2.24) is 15.3 Å². The second-order valence-corrected chi connectivity index (χ2v) is 5.76. The summed E-state index contributed by atoms with van der Waals surface area (Å²) >= 11 is 0. The van der Waals surface area contributed by atoms with Gasteiger partial charge in [-0.3, -0.25) is 0 Å². The third-order valence-corrected chi connectivity index (χ3v) is 4.12. The van der Waals surface area contributed by atoms with Crippen LogP contribution in [0, 0.1) is 0 Å². The quantitative estimate of drug-likeness (QED) is 0.659. The number of piperidine rings is 1. The van der Waals surface area contributed by atoms with Gasteiger partial charge in [0.25, 0.3) is 0 Å². The second-order valence-electron chi connectivity index (χ2n) is 5.76. The Bertz CT molecular complexity index is 464. The van der Waals surface area contributed by atoms with Gasteiger partial charge in [0.1, 0.15) is 18.0 Å². The molecule has 1 aromatic rings. The molecule has 0 unspecified atom stereocenters. The Balaban J connectivity index is 1.73. The highest BCUT2D eigenvalue weighted by molar-refractivity contribution is 5.50. The molecular weight excluding hydrogens is 270 g/mol. The maximum absolute atomic E-state index is 9.88. The lowest BCUT2D eigenvalue weighted by Crippen LogP contribution is -2.37. The van der Waals surface area contributed by atoms with Crippen molar-refractivity contribution in [2.45, 2.75) is 25.0 Å². The summed E-state index contributed by atoms with van der Waals surface area (Å²) in [6, 6.07) is 1.98. The molecule has 2 aliphatic rings. The van der Waals surface area contributed by atoms with Gasteiger partial charge in [-0.2, -0.15) is 0 Å². The molecule has 0 radical (unpaired) electrons. The number of β-amino-alcohol motifs (C(OH)–C–C–N with tert-alkyl or cyclic N) is 1. The molecule has 0 amide bonds. The molecule has 0 aromatic carbocycles. The summed E-state index contributed by atoms with van der Waals surface area (Å²) < 4.78 is 0. The van der Waals surface area contributed by atoms with Gasteiger partial charge in [-0.1, -0.05) is 0 Å². The van der Waals surface area contributed by atoms with Gasteiger partial charge in [0, 0.05) is 45.3 Å². The summed E-state index contributed by atoms with van der Waals surface area (Å²) in [6.45, 7) is 4.52. The van der Waals surface area contributed by atoms with Gasteiger partial charge < -0.3 is 25.3 Å². The average Bonchev–Trinajstić information content (AvgIpc) is 2.73. The summed E-state index contributed by atoms with van der Waals surface area (Å²) in [4.78, 5) is 13.0. The molecule has 2 aliphatic heterocycles. The van der Waals surface area contributed by atoms with Gasteiger partial charge in [-0.15, -0.1) is 0 Å². The number of nitrogens with zero attached hydrogens (tertiary/aromatic N) is 4. The fourth-order valence-electron chi connectivity index (χ4n) is 2.88. The van der Waals surface area contributed by atoms with E-state index in [0.29, 0.717) is 13.1 Å². The van der Waals surface area contributed by atoms with Crippen molar-refractivity contribution >= 4 is 11.6 Å². The van der Waals surface area contributed by atoms with Gasteiger partial charge in [-0.05, 0) is 12.8 Å². The predicted octanol–water partition coefficient (Wildman–Crippen LogP) is -0.792. The molecule has 2 saturated heterocycles. The van der Waals surface area contributed by atoms with Gasteiger partial charge >= 0.3 is 0 Å². The van der Waals surface area contributed by atoms with E-state index in [4.69, 9.17) is 0 Å². The number of nitrogens with one attached hydrogen (secondary N) is 1. The zero-order valence-electron chi connectivity index (χ0n) is 12.1. The molecule has 3 rings (SSSR count). The molecule has 0 saturated carbocycles. The van der Waals surface area contributed by atoms with Crippen LogP contribution in [0.1, 0.15) is 12.8 Å². The van der Waals surface area contributed by atoms with Crippen LogP contribution in [-0.2, 0) is 0 Å². The van der Waals surface area contributed by atoms with Crippen molar-refractivity contribution in [1.29, 1.82) is 0 Å².